The van der Waals surface area contributed by atoms with E-state index < -0.39 is 0 Å². The molecular weight excluding hydrogens is 204 g/mol. The summed E-state index contributed by atoms with van der Waals surface area (Å²) in [4.78, 5) is 13.1. The maximum absolute atomic E-state index is 11.4. The van der Waals surface area contributed by atoms with Crippen LogP contribution in [0.2, 0.25) is 0 Å². The van der Waals surface area contributed by atoms with E-state index in [9.17, 15) is 4.79 Å². The van der Waals surface area contributed by atoms with Crippen LogP contribution < -0.4 is 5.73 Å². The summed E-state index contributed by atoms with van der Waals surface area (Å²) in [7, 11) is 0. The molecule has 4 heteroatoms. The molecule has 16 heavy (non-hydrogen) atoms. The molecule has 0 saturated carbocycles. The van der Waals surface area contributed by atoms with Crippen molar-refractivity contribution in [3.63, 3.8) is 0 Å². The van der Waals surface area contributed by atoms with Crippen LogP contribution in [0.25, 0.3) is 0 Å². The highest BCUT2D eigenvalue weighted by Crippen LogP contribution is 2.12. The zero-order valence-electron chi connectivity index (χ0n) is 9.13. The van der Waals surface area contributed by atoms with Crippen molar-refractivity contribution in [2.24, 2.45) is 5.73 Å². The normalized spacial score (nSPS) is 19.9. The first-order valence-corrected chi connectivity index (χ1v) is 5.48. The molecule has 1 saturated heterocycles. The van der Waals surface area contributed by atoms with Crippen LogP contribution in [0.4, 0.5) is 4.79 Å². The fourth-order valence-electron chi connectivity index (χ4n) is 1.85. The molecule has 0 aliphatic carbocycles. The van der Waals surface area contributed by atoms with Crippen molar-refractivity contribution in [1.82, 2.24) is 4.90 Å². The number of ether oxygens (including phenoxy) is 1. The van der Waals surface area contributed by atoms with Gasteiger partial charge in [-0.2, -0.15) is 0 Å². The molecular formula is C12H16N2O2. The first kappa shape index (κ1) is 11.0. The van der Waals surface area contributed by atoms with E-state index in [0.29, 0.717) is 19.7 Å². The lowest BCUT2D eigenvalue weighted by atomic mass is 10.1. The van der Waals surface area contributed by atoms with Gasteiger partial charge in [-0.1, -0.05) is 30.3 Å². The quantitative estimate of drug-likeness (QED) is 0.823. The van der Waals surface area contributed by atoms with Gasteiger partial charge >= 0.3 is 6.09 Å². The summed E-state index contributed by atoms with van der Waals surface area (Å²) < 4.78 is 4.96. The van der Waals surface area contributed by atoms with E-state index in [1.807, 2.05) is 18.2 Å². The van der Waals surface area contributed by atoms with Gasteiger partial charge in [-0.05, 0) is 12.0 Å². The zero-order chi connectivity index (χ0) is 11.4. The molecule has 0 radical (unpaired) electrons. The van der Waals surface area contributed by atoms with E-state index in [1.54, 1.807) is 4.90 Å². The summed E-state index contributed by atoms with van der Waals surface area (Å²) in [6.07, 6.45) is 0.596. The van der Waals surface area contributed by atoms with Crippen LogP contribution in [0.1, 0.15) is 5.56 Å². The Labute approximate surface area is 95.0 Å². The van der Waals surface area contributed by atoms with Crippen molar-refractivity contribution in [2.75, 3.05) is 19.7 Å². The average Bonchev–Trinajstić information content (AvgIpc) is 2.69. The molecule has 1 unspecified atom stereocenters. The highest BCUT2D eigenvalue weighted by molar-refractivity contribution is 5.70. The molecule has 1 fully saturated rings. The summed E-state index contributed by atoms with van der Waals surface area (Å²) in [5.74, 6) is 0. The summed E-state index contributed by atoms with van der Waals surface area (Å²) in [6, 6.07) is 10.1. The number of amides is 1. The number of carbonyl (C=O) groups excluding carboxylic acids is 1. The Balaban J connectivity index is 1.92. The number of hydrogen-bond donors (Lipinski definition) is 1. The smallest absolute Gasteiger partial charge is 0.410 e. The Morgan fingerprint density at radius 2 is 2.12 bits per heavy atom. The summed E-state index contributed by atoms with van der Waals surface area (Å²) in [6.45, 7) is 1.55. The van der Waals surface area contributed by atoms with Crippen molar-refractivity contribution >= 4 is 6.09 Å². The Morgan fingerprint density at radius 1 is 1.38 bits per heavy atom. The molecule has 1 aliphatic heterocycles. The van der Waals surface area contributed by atoms with Crippen LogP contribution in [-0.2, 0) is 11.2 Å². The SMILES string of the molecule is NCC1COC(=O)N1CCc1ccccc1. The highest BCUT2D eigenvalue weighted by Gasteiger charge is 2.31. The van der Waals surface area contributed by atoms with E-state index in [0.717, 1.165) is 6.42 Å². The fourth-order valence-corrected chi connectivity index (χ4v) is 1.85. The summed E-state index contributed by atoms with van der Waals surface area (Å²) >= 11 is 0. The Bertz CT molecular complexity index is 353. The number of benzene rings is 1. The van der Waals surface area contributed by atoms with Crippen LogP contribution in [0.15, 0.2) is 30.3 Å². The predicted octanol–water partition coefficient (Wildman–Crippen LogP) is 1.01. The van der Waals surface area contributed by atoms with Crippen molar-refractivity contribution in [3.05, 3.63) is 35.9 Å². The van der Waals surface area contributed by atoms with Gasteiger partial charge in [0, 0.05) is 13.1 Å². The standard InChI is InChI=1S/C12H16N2O2/c13-8-11-9-16-12(15)14(11)7-6-10-4-2-1-3-5-10/h1-5,11H,6-9,13H2. The molecule has 0 bridgehead atoms. The predicted molar refractivity (Wildman–Crippen MR) is 61.0 cm³/mol. The van der Waals surface area contributed by atoms with Gasteiger partial charge in [0.1, 0.15) is 6.61 Å². The lowest BCUT2D eigenvalue weighted by Crippen LogP contribution is -2.40. The van der Waals surface area contributed by atoms with Crippen LogP contribution in [-0.4, -0.2) is 36.7 Å². The van der Waals surface area contributed by atoms with Crippen molar-refractivity contribution in [2.45, 2.75) is 12.5 Å². The second-order valence-corrected chi connectivity index (χ2v) is 3.90. The summed E-state index contributed by atoms with van der Waals surface area (Å²) in [5, 5.41) is 0. The molecule has 1 atom stereocenters. The fraction of sp³-hybridized carbons (Fsp3) is 0.417. The average molecular weight is 220 g/mol. The summed E-state index contributed by atoms with van der Waals surface area (Å²) in [5.41, 5.74) is 6.80. The molecule has 0 aromatic heterocycles. The van der Waals surface area contributed by atoms with E-state index in [1.165, 1.54) is 5.56 Å². The molecule has 1 amide bonds. The first-order valence-electron chi connectivity index (χ1n) is 5.48. The number of nitrogens with two attached hydrogens (primary N) is 1. The van der Waals surface area contributed by atoms with Gasteiger partial charge in [0.25, 0.3) is 0 Å². The maximum atomic E-state index is 11.4. The molecule has 1 heterocycles. The van der Waals surface area contributed by atoms with Crippen LogP contribution >= 0.6 is 0 Å². The largest absolute Gasteiger partial charge is 0.447 e. The monoisotopic (exact) mass is 220 g/mol. The lowest BCUT2D eigenvalue weighted by Gasteiger charge is -2.19. The van der Waals surface area contributed by atoms with Gasteiger partial charge in [-0.3, -0.25) is 0 Å². The molecule has 1 aliphatic rings. The van der Waals surface area contributed by atoms with Crippen LogP contribution in [0.5, 0.6) is 0 Å². The van der Waals surface area contributed by atoms with Crippen molar-refractivity contribution in [1.29, 1.82) is 0 Å². The minimum absolute atomic E-state index is 0.0382. The number of hydrogen-bond acceptors (Lipinski definition) is 3. The minimum Gasteiger partial charge on any atom is -0.447 e. The van der Waals surface area contributed by atoms with Gasteiger partial charge in [0.05, 0.1) is 6.04 Å². The number of nitrogens with zero attached hydrogens (tertiary/aromatic N) is 1. The van der Waals surface area contributed by atoms with E-state index >= 15 is 0 Å². The van der Waals surface area contributed by atoms with Crippen molar-refractivity contribution < 1.29 is 9.53 Å². The molecule has 1 aromatic rings. The topological polar surface area (TPSA) is 55.6 Å². The number of cyclic esters (lactones) is 1. The van der Waals surface area contributed by atoms with E-state index in [-0.39, 0.29) is 12.1 Å². The molecule has 86 valence electrons. The zero-order valence-corrected chi connectivity index (χ0v) is 9.13. The molecule has 2 rings (SSSR count). The second kappa shape index (κ2) is 4.99. The third-order valence-corrected chi connectivity index (χ3v) is 2.83. The number of rotatable bonds is 4. The van der Waals surface area contributed by atoms with Gasteiger partial charge in [-0.15, -0.1) is 0 Å². The Kier molecular flexibility index (Phi) is 3.41. The molecule has 1 aromatic carbocycles. The minimum atomic E-state index is -0.244. The van der Waals surface area contributed by atoms with Crippen LogP contribution in [0.3, 0.4) is 0 Å². The third-order valence-electron chi connectivity index (χ3n) is 2.83. The molecule has 0 spiro atoms. The first-order chi connectivity index (χ1) is 7.81. The Morgan fingerprint density at radius 3 is 2.81 bits per heavy atom. The van der Waals surface area contributed by atoms with E-state index in [4.69, 9.17) is 10.5 Å². The lowest BCUT2D eigenvalue weighted by molar-refractivity contribution is 0.158. The Hall–Kier alpha value is -1.55. The second-order valence-electron chi connectivity index (χ2n) is 3.90. The number of carbonyl (C=O) groups is 1. The van der Waals surface area contributed by atoms with E-state index in [2.05, 4.69) is 12.1 Å². The van der Waals surface area contributed by atoms with Gasteiger partial charge < -0.3 is 15.4 Å². The van der Waals surface area contributed by atoms with Gasteiger partial charge in [0.2, 0.25) is 0 Å². The molecule has 2 N–H and O–H groups in total. The highest BCUT2D eigenvalue weighted by atomic mass is 16.6. The van der Waals surface area contributed by atoms with Crippen molar-refractivity contribution in [3.8, 4) is 0 Å². The van der Waals surface area contributed by atoms with Crippen LogP contribution in [0, 0.1) is 0 Å². The molecule has 4 nitrogen and oxygen atoms in total. The van der Waals surface area contributed by atoms with Gasteiger partial charge in [-0.25, -0.2) is 4.79 Å². The maximum Gasteiger partial charge on any atom is 0.410 e. The van der Waals surface area contributed by atoms with Gasteiger partial charge in [0.15, 0.2) is 0 Å². The third kappa shape index (κ3) is 2.33.